The molecule has 2 aromatic carbocycles. The zero-order valence-electron chi connectivity index (χ0n) is 9.60. The van der Waals surface area contributed by atoms with E-state index in [1.54, 1.807) is 0 Å². The third-order valence-electron chi connectivity index (χ3n) is 3.01. The average Bonchev–Trinajstić information content (AvgIpc) is 2.35. The van der Waals surface area contributed by atoms with Crippen LogP contribution >= 0.6 is 0 Å². The fourth-order valence-corrected chi connectivity index (χ4v) is 1.95. The molecule has 0 aliphatic carbocycles. The largest absolute Gasteiger partial charge is 0.487 e. The summed E-state index contributed by atoms with van der Waals surface area (Å²) in [6.45, 7) is 1.90. The SMILES string of the molecule is c1ccc(-c2ccccc2OC2CNC2)cc1. The Hall–Kier alpha value is -1.80. The molecule has 86 valence electrons. The van der Waals surface area contributed by atoms with Gasteiger partial charge in [0.05, 0.1) is 0 Å². The first-order valence-corrected chi connectivity index (χ1v) is 5.95. The van der Waals surface area contributed by atoms with Crippen molar-refractivity contribution in [3.63, 3.8) is 0 Å². The standard InChI is InChI=1S/C15H15NO/c1-2-6-12(7-3-1)14-8-4-5-9-15(14)17-13-10-16-11-13/h1-9,13,16H,10-11H2. The second-order valence-corrected chi connectivity index (χ2v) is 4.26. The highest BCUT2D eigenvalue weighted by molar-refractivity contribution is 5.70. The van der Waals surface area contributed by atoms with Crippen molar-refractivity contribution in [2.24, 2.45) is 0 Å². The first-order valence-electron chi connectivity index (χ1n) is 5.95. The average molecular weight is 225 g/mol. The van der Waals surface area contributed by atoms with Gasteiger partial charge in [0.1, 0.15) is 11.9 Å². The minimum Gasteiger partial charge on any atom is -0.487 e. The number of benzene rings is 2. The minimum atomic E-state index is 0.319. The van der Waals surface area contributed by atoms with E-state index < -0.39 is 0 Å². The molecule has 1 saturated heterocycles. The van der Waals surface area contributed by atoms with Gasteiger partial charge in [-0.25, -0.2) is 0 Å². The van der Waals surface area contributed by atoms with Gasteiger partial charge >= 0.3 is 0 Å². The Bertz CT molecular complexity index is 491. The second-order valence-electron chi connectivity index (χ2n) is 4.26. The van der Waals surface area contributed by atoms with Crippen LogP contribution in [0.2, 0.25) is 0 Å². The molecule has 1 heterocycles. The summed E-state index contributed by atoms with van der Waals surface area (Å²) in [4.78, 5) is 0. The molecule has 0 atom stereocenters. The van der Waals surface area contributed by atoms with Crippen LogP contribution in [0.5, 0.6) is 5.75 Å². The zero-order chi connectivity index (χ0) is 11.5. The summed E-state index contributed by atoms with van der Waals surface area (Å²) in [5.74, 6) is 0.977. The van der Waals surface area contributed by atoms with Crippen LogP contribution in [0.1, 0.15) is 0 Å². The lowest BCUT2D eigenvalue weighted by atomic mass is 10.0. The molecule has 2 nitrogen and oxygen atoms in total. The van der Waals surface area contributed by atoms with Crippen LogP contribution in [0.25, 0.3) is 11.1 Å². The summed E-state index contributed by atoms with van der Waals surface area (Å²) in [6, 6.07) is 18.6. The first kappa shape index (κ1) is 10.4. The number of ether oxygens (including phenoxy) is 1. The van der Waals surface area contributed by atoms with Gasteiger partial charge in [-0.2, -0.15) is 0 Å². The molecule has 2 aromatic rings. The van der Waals surface area contributed by atoms with Gasteiger partial charge in [-0.05, 0) is 11.6 Å². The Kier molecular flexibility index (Phi) is 2.80. The lowest BCUT2D eigenvalue weighted by molar-refractivity contribution is 0.143. The lowest BCUT2D eigenvalue weighted by Gasteiger charge is -2.28. The smallest absolute Gasteiger partial charge is 0.127 e. The molecular weight excluding hydrogens is 210 g/mol. The number of rotatable bonds is 3. The molecule has 0 spiro atoms. The van der Waals surface area contributed by atoms with Gasteiger partial charge in [-0.1, -0.05) is 48.5 Å². The molecular formula is C15H15NO. The van der Waals surface area contributed by atoms with Gasteiger partial charge in [0.15, 0.2) is 0 Å². The van der Waals surface area contributed by atoms with Crippen molar-refractivity contribution >= 4 is 0 Å². The third-order valence-corrected chi connectivity index (χ3v) is 3.01. The second kappa shape index (κ2) is 4.60. The highest BCUT2D eigenvalue weighted by Crippen LogP contribution is 2.30. The molecule has 1 N–H and O–H groups in total. The van der Waals surface area contributed by atoms with Crippen LogP contribution in [0.4, 0.5) is 0 Å². The molecule has 0 bridgehead atoms. The molecule has 0 saturated carbocycles. The molecule has 3 rings (SSSR count). The fourth-order valence-electron chi connectivity index (χ4n) is 1.95. The molecule has 1 aliphatic heterocycles. The zero-order valence-corrected chi connectivity index (χ0v) is 9.60. The van der Waals surface area contributed by atoms with Gasteiger partial charge in [0.2, 0.25) is 0 Å². The van der Waals surface area contributed by atoms with Gasteiger partial charge in [-0.15, -0.1) is 0 Å². The Morgan fingerprint density at radius 2 is 1.59 bits per heavy atom. The van der Waals surface area contributed by atoms with Crippen LogP contribution in [-0.4, -0.2) is 19.2 Å². The maximum absolute atomic E-state index is 5.97. The van der Waals surface area contributed by atoms with E-state index in [0.717, 1.165) is 18.8 Å². The molecule has 0 radical (unpaired) electrons. The predicted molar refractivity (Wildman–Crippen MR) is 69.2 cm³/mol. The highest BCUT2D eigenvalue weighted by atomic mass is 16.5. The first-order chi connectivity index (χ1) is 8.43. The van der Waals surface area contributed by atoms with Crippen molar-refractivity contribution in [1.82, 2.24) is 5.32 Å². The van der Waals surface area contributed by atoms with Crippen LogP contribution in [0, 0.1) is 0 Å². The molecule has 1 fully saturated rings. The van der Waals surface area contributed by atoms with Crippen molar-refractivity contribution in [3.05, 3.63) is 54.6 Å². The van der Waals surface area contributed by atoms with E-state index in [4.69, 9.17) is 4.74 Å². The van der Waals surface area contributed by atoms with Crippen LogP contribution < -0.4 is 10.1 Å². The van der Waals surface area contributed by atoms with Crippen molar-refractivity contribution in [2.45, 2.75) is 6.10 Å². The van der Waals surface area contributed by atoms with Gasteiger partial charge < -0.3 is 10.1 Å². The predicted octanol–water partition coefficient (Wildman–Crippen LogP) is 2.70. The molecule has 2 heteroatoms. The topological polar surface area (TPSA) is 21.3 Å². The van der Waals surface area contributed by atoms with Crippen LogP contribution in [0.3, 0.4) is 0 Å². The fraction of sp³-hybridized carbons (Fsp3) is 0.200. The molecule has 0 aromatic heterocycles. The number of hydrogen-bond donors (Lipinski definition) is 1. The quantitative estimate of drug-likeness (QED) is 0.867. The highest BCUT2D eigenvalue weighted by Gasteiger charge is 2.19. The Balaban J connectivity index is 1.92. The monoisotopic (exact) mass is 225 g/mol. The summed E-state index contributed by atoms with van der Waals surface area (Å²) in [5, 5.41) is 3.22. The summed E-state index contributed by atoms with van der Waals surface area (Å²) in [7, 11) is 0. The van der Waals surface area contributed by atoms with E-state index in [0.29, 0.717) is 6.10 Å². The van der Waals surface area contributed by atoms with Gasteiger partial charge in [0.25, 0.3) is 0 Å². The van der Waals surface area contributed by atoms with E-state index >= 15 is 0 Å². The van der Waals surface area contributed by atoms with E-state index in [1.807, 2.05) is 24.3 Å². The molecule has 1 aliphatic rings. The van der Waals surface area contributed by atoms with Crippen molar-refractivity contribution in [2.75, 3.05) is 13.1 Å². The van der Waals surface area contributed by atoms with Crippen LogP contribution in [-0.2, 0) is 0 Å². The summed E-state index contributed by atoms with van der Waals surface area (Å²) >= 11 is 0. The minimum absolute atomic E-state index is 0.319. The number of nitrogens with one attached hydrogen (secondary N) is 1. The number of para-hydroxylation sites is 1. The molecule has 17 heavy (non-hydrogen) atoms. The van der Waals surface area contributed by atoms with Gasteiger partial charge in [0, 0.05) is 18.7 Å². The summed E-state index contributed by atoms with van der Waals surface area (Å²) < 4.78 is 5.97. The Morgan fingerprint density at radius 1 is 0.882 bits per heavy atom. The van der Waals surface area contributed by atoms with Crippen LogP contribution in [0.15, 0.2) is 54.6 Å². The summed E-state index contributed by atoms with van der Waals surface area (Å²) in [5.41, 5.74) is 2.37. The van der Waals surface area contributed by atoms with E-state index in [-0.39, 0.29) is 0 Å². The normalized spacial score (nSPS) is 15.3. The van der Waals surface area contributed by atoms with Crippen molar-refractivity contribution in [1.29, 1.82) is 0 Å². The van der Waals surface area contributed by atoms with E-state index in [9.17, 15) is 0 Å². The van der Waals surface area contributed by atoms with Crippen molar-refractivity contribution in [3.8, 4) is 16.9 Å². The van der Waals surface area contributed by atoms with E-state index in [2.05, 4.69) is 35.6 Å². The summed E-state index contributed by atoms with van der Waals surface area (Å²) in [6.07, 6.45) is 0.319. The Morgan fingerprint density at radius 3 is 2.29 bits per heavy atom. The maximum atomic E-state index is 5.97. The maximum Gasteiger partial charge on any atom is 0.127 e. The lowest BCUT2D eigenvalue weighted by Crippen LogP contribution is -2.50. The Labute approximate surface area is 101 Å². The van der Waals surface area contributed by atoms with E-state index in [1.165, 1.54) is 11.1 Å². The van der Waals surface area contributed by atoms with Gasteiger partial charge in [-0.3, -0.25) is 0 Å². The molecule has 0 amide bonds. The molecule has 0 unspecified atom stereocenters. The third kappa shape index (κ3) is 2.17. The van der Waals surface area contributed by atoms with Crippen molar-refractivity contribution < 1.29 is 4.74 Å². The number of hydrogen-bond acceptors (Lipinski definition) is 2.